The van der Waals surface area contributed by atoms with Crippen molar-refractivity contribution in [3.05, 3.63) is 0 Å². The Kier molecular flexibility index (Phi) is 3.91. The molecule has 2 aliphatic heterocycles. The number of piperazine rings is 1. The van der Waals surface area contributed by atoms with Crippen LogP contribution >= 0.6 is 0 Å². The maximum absolute atomic E-state index is 12.1. The Morgan fingerprint density at radius 2 is 2.05 bits per heavy atom. The molecule has 2 rings (SSSR count). The first-order valence-corrected chi connectivity index (χ1v) is 7.15. The van der Waals surface area contributed by atoms with Gasteiger partial charge in [-0.05, 0) is 34.1 Å². The zero-order chi connectivity index (χ0) is 14.3. The van der Waals surface area contributed by atoms with Gasteiger partial charge in [-0.25, -0.2) is 0 Å². The molecule has 0 radical (unpaired) electrons. The van der Waals surface area contributed by atoms with Crippen LogP contribution in [-0.4, -0.2) is 60.8 Å². The van der Waals surface area contributed by atoms with Crippen molar-refractivity contribution < 1.29 is 9.53 Å². The summed E-state index contributed by atoms with van der Waals surface area (Å²) in [5, 5.41) is 6.08. The number of ether oxygens (including phenoxy) is 1. The van der Waals surface area contributed by atoms with Gasteiger partial charge in [0, 0.05) is 32.7 Å². The van der Waals surface area contributed by atoms with Crippen LogP contribution < -0.4 is 10.6 Å². The maximum atomic E-state index is 12.1. The second kappa shape index (κ2) is 5.04. The molecule has 0 aromatic heterocycles. The minimum atomic E-state index is -0.215. The number of nitrogens with zero attached hydrogens (tertiary/aromatic N) is 1. The summed E-state index contributed by atoms with van der Waals surface area (Å²) in [5.74, 6) is 0.0905. The molecule has 1 amide bonds. The van der Waals surface area contributed by atoms with E-state index in [1.165, 1.54) is 0 Å². The lowest BCUT2D eigenvalue weighted by molar-refractivity contribution is -0.130. The molecule has 2 saturated heterocycles. The number of amides is 1. The minimum absolute atomic E-state index is 0.0905. The molecule has 5 heteroatoms. The number of carbonyl (C=O) groups is 1. The highest BCUT2D eigenvalue weighted by molar-refractivity contribution is 5.81. The van der Waals surface area contributed by atoms with Crippen molar-refractivity contribution in [3.8, 4) is 0 Å². The Bertz CT molecular complexity index is 355. The fourth-order valence-electron chi connectivity index (χ4n) is 3.55. The zero-order valence-corrected chi connectivity index (χ0v) is 12.7. The van der Waals surface area contributed by atoms with Crippen LogP contribution in [0, 0.1) is 0 Å². The molecule has 5 nitrogen and oxygen atoms in total. The molecule has 0 bridgehead atoms. The van der Waals surface area contributed by atoms with Gasteiger partial charge in [-0.3, -0.25) is 9.69 Å². The average Bonchev–Trinajstić information content (AvgIpc) is 2.56. The van der Waals surface area contributed by atoms with E-state index >= 15 is 0 Å². The van der Waals surface area contributed by atoms with E-state index in [1.54, 1.807) is 7.05 Å². The lowest BCUT2D eigenvalue weighted by Crippen LogP contribution is -2.63. The summed E-state index contributed by atoms with van der Waals surface area (Å²) in [6.07, 6.45) is 0.966. The Balaban J connectivity index is 2.20. The molecule has 2 N–H and O–H groups in total. The lowest BCUT2D eigenvalue weighted by Gasteiger charge is -2.43. The van der Waals surface area contributed by atoms with Gasteiger partial charge in [0.25, 0.3) is 0 Å². The van der Waals surface area contributed by atoms with E-state index in [-0.39, 0.29) is 29.2 Å². The predicted octanol–water partition coefficient (Wildman–Crippen LogP) is 0.352. The molecular formula is C14H27N3O2. The topological polar surface area (TPSA) is 53.6 Å². The van der Waals surface area contributed by atoms with Crippen molar-refractivity contribution in [2.45, 2.75) is 57.4 Å². The molecule has 0 saturated carbocycles. The summed E-state index contributed by atoms with van der Waals surface area (Å²) in [4.78, 5) is 14.4. The predicted molar refractivity (Wildman–Crippen MR) is 75.1 cm³/mol. The van der Waals surface area contributed by atoms with Crippen LogP contribution in [0.25, 0.3) is 0 Å². The van der Waals surface area contributed by atoms with Gasteiger partial charge >= 0.3 is 0 Å². The van der Waals surface area contributed by atoms with Crippen LogP contribution in [0.3, 0.4) is 0 Å². The van der Waals surface area contributed by atoms with Crippen LogP contribution in [0.2, 0.25) is 0 Å². The monoisotopic (exact) mass is 269 g/mol. The molecule has 2 heterocycles. The van der Waals surface area contributed by atoms with Crippen molar-refractivity contribution in [3.63, 3.8) is 0 Å². The largest absolute Gasteiger partial charge is 0.368 e. The quantitative estimate of drug-likeness (QED) is 0.760. The van der Waals surface area contributed by atoms with Gasteiger partial charge in [0.15, 0.2) is 0 Å². The van der Waals surface area contributed by atoms with E-state index < -0.39 is 0 Å². The minimum Gasteiger partial charge on any atom is -0.368 e. The Morgan fingerprint density at radius 3 is 2.58 bits per heavy atom. The van der Waals surface area contributed by atoms with Gasteiger partial charge in [0.05, 0.1) is 11.2 Å². The molecule has 19 heavy (non-hydrogen) atoms. The molecule has 0 spiro atoms. The molecule has 2 atom stereocenters. The second-order valence-corrected chi connectivity index (χ2v) is 6.76. The summed E-state index contributed by atoms with van der Waals surface area (Å²) in [5.41, 5.74) is -0.334. The van der Waals surface area contributed by atoms with Crippen molar-refractivity contribution in [2.75, 3.05) is 26.7 Å². The number of hydrogen-bond acceptors (Lipinski definition) is 4. The third-order valence-corrected chi connectivity index (χ3v) is 4.26. The maximum Gasteiger partial charge on any atom is 0.238 e. The third kappa shape index (κ3) is 2.93. The van der Waals surface area contributed by atoms with Crippen LogP contribution in [0.4, 0.5) is 0 Å². The number of carbonyl (C=O) groups excluding carboxylic acids is 1. The number of nitrogens with one attached hydrogen (secondary N) is 2. The number of hydrogen-bond donors (Lipinski definition) is 2. The smallest absolute Gasteiger partial charge is 0.238 e. The molecular weight excluding hydrogens is 242 g/mol. The van der Waals surface area contributed by atoms with Crippen molar-refractivity contribution >= 4 is 5.91 Å². The Hall–Kier alpha value is -0.650. The molecule has 2 unspecified atom stereocenters. The van der Waals surface area contributed by atoms with Crippen LogP contribution in [0.1, 0.15) is 34.1 Å². The summed E-state index contributed by atoms with van der Waals surface area (Å²) in [7, 11) is 1.70. The van der Waals surface area contributed by atoms with Crippen LogP contribution in [0.5, 0.6) is 0 Å². The standard InChI is InChI=1S/C14H27N3O2/c1-13(2)8-11(14(3,4)19-13)17-7-6-16-9-10(17)12(18)15-5/h10-11,16H,6-9H2,1-5H3,(H,15,18). The summed E-state index contributed by atoms with van der Waals surface area (Å²) >= 11 is 0. The van der Waals surface area contributed by atoms with Crippen LogP contribution in [0.15, 0.2) is 0 Å². The highest BCUT2D eigenvalue weighted by Gasteiger charge is 2.50. The van der Waals surface area contributed by atoms with E-state index in [2.05, 4.69) is 43.2 Å². The number of rotatable bonds is 2. The van der Waals surface area contributed by atoms with Crippen molar-refractivity contribution in [1.29, 1.82) is 0 Å². The zero-order valence-electron chi connectivity index (χ0n) is 12.7. The van der Waals surface area contributed by atoms with E-state index in [0.717, 1.165) is 19.5 Å². The summed E-state index contributed by atoms with van der Waals surface area (Å²) < 4.78 is 6.17. The Morgan fingerprint density at radius 1 is 1.37 bits per heavy atom. The molecule has 2 fully saturated rings. The van der Waals surface area contributed by atoms with E-state index in [0.29, 0.717) is 6.54 Å². The third-order valence-electron chi connectivity index (χ3n) is 4.26. The first-order chi connectivity index (χ1) is 8.77. The van der Waals surface area contributed by atoms with Gasteiger partial charge < -0.3 is 15.4 Å². The first-order valence-electron chi connectivity index (χ1n) is 7.15. The van der Waals surface area contributed by atoms with Crippen molar-refractivity contribution in [2.24, 2.45) is 0 Å². The molecule has 0 aromatic rings. The van der Waals surface area contributed by atoms with E-state index in [9.17, 15) is 4.79 Å². The molecule has 110 valence electrons. The summed E-state index contributed by atoms with van der Waals surface area (Å²) in [6, 6.07) is 0.187. The lowest BCUT2D eigenvalue weighted by atomic mass is 9.91. The van der Waals surface area contributed by atoms with E-state index in [1.807, 2.05) is 0 Å². The SMILES string of the molecule is CNC(=O)C1CNCCN1C1CC(C)(C)OC1(C)C. The molecule has 0 aliphatic carbocycles. The van der Waals surface area contributed by atoms with Gasteiger partial charge in [0.2, 0.25) is 5.91 Å². The number of likely N-dealkylation sites (N-methyl/N-ethyl adjacent to an activating group) is 1. The van der Waals surface area contributed by atoms with E-state index in [4.69, 9.17) is 4.74 Å². The molecule has 0 aromatic carbocycles. The normalized spacial score (nSPS) is 34.2. The highest BCUT2D eigenvalue weighted by Crippen LogP contribution is 2.40. The second-order valence-electron chi connectivity index (χ2n) is 6.76. The Labute approximate surface area is 116 Å². The average molecular weight is 269 g/mol. The summed E-state index contributed by atoms with van der Waals surface area (Å²) in [6.45, 7) is 11.1. The van der Waals surface area contributed by atoms with Crippen LogP contribution in [-0.2, 0) is 9.53 Å². The van der Waals surface area contributed by atoms with Crippen molar-refractivity contribution in [1.82, 2.24) is 15.5 Å². The van der Waals surface area contributed by atoms with Gasteiger partial charge in [-0.2, -0.15) is 0 Å². The van der Waals surface area contributed by atoms with Gasteiger partial charge in [-0.15, -0.1) is 0 Å². The highest BCUT2D eigenvalue weighted by atomic mass is 16.5. The fourth-order valence-corrected chi connectivity index (χ4v) is 3.55. The fraction of sp³-hybridized carbons (Fsp3) is 0.929. The first kappa shape index (κ1) is 14.8. The van der Waals surface area contributed by atoms with Gasteiger partial charge in [0.1, 0.15) is 6.04 Å². The molecule has 2 aliphatic rings. The van der Waals surface area contributed by atoms with Gasteiger partial charge in [-0.1, -0.05) is 0 Å².